The summed E-state index contributed by atoms with van der Waals surface area (Å²) in [5.41, 5.74) is 3.90. The van der Waals surface area contributed by atoms with E-state index in [1.54, 1.807) is 13.3 Å². The van der Waals surface area contributed by atoms with Crippen molar-refractivity contribution in [1.29, 1.82) is 0 Å². The predicted octanol–water partition coefficient (Wildman–Crippen LogP) is 4.82. The molecule has 160 valence electrons. The van der Waals surface area contributed by atoms with Gasteiger partial charge in [-0.1, -0.05) is 29.8 Å². The number of carbonyl (C=O) groups is 1. The van der Waals surface area contributed by atoms with Gasteiger partial charge in [-0.25, -0.2) is 0 Å². The summed E-state index contributed by atoms with van der Waals surface area (Å²) < 4.78 is 11.5. The van der Waals surface area contributed by atoms with Crippen molar-refractivity contribution in [2.45, 2.75) is 38.8 Å². The molecule has 0 spiro atoms. The number of nitrogens with zero attached hydrogens (tertiary/aromatic N) is 2. The summed E-state index contributed by atoms with van der Waals surface area (Å²) in [5.74, 6) is 1.46. The van der Waals surface area contributed by atoms with E-state index in [1.807, 2.05) is 72.5 Å². The Morgan fingerprint density at radius 1 is 1.06 bits per heavy atom. The molecule has 0 saturated heterocycles. The highest BCUT2D eigenvalue weighted by Gasteiger charge is 2.33. The van der Waals surface area contributed by atoms with E-state index in [1.165, 1.54) is 0 Å². The van der Waals surface area contributed by atoms with Gasteiger partial charge in [-0.3, -0.25) is 9.78 Å². The molecule has 0 atom stereocenters. The Hall–Kier alpha value is -3.34. The molecule has 3 aromatic rings. The van der Waals surface area contributed by atoms with Gasteiger partial charge in [0.25, 0.3) is 5.91 Å². The maximum atomic E-state index is 13.1. The summed E-state index contributed by atoms with van der Waals surface area (Å²) >= 11 is 0. The molecule has 5 nitrogen and oxygen atoms in total. The monoisotopic (exact) mass is 416 g/mol. The molecule has 0 bridgehead atoms. The fourth-order valence-corrected chi connectivity index (χ4v) is 3.56. The van der Waals surface area contributed by atoms with Crippen LogP contribution >= 0.6 is 0 Å². The van der Waals surface area contributed by atoms with Crippen molar-refractivity contribution in [2.24, 2.45) is 0 Å². The van der Waals surface area contributed by atoms with E-state index in [4.69, 9.17) is 9.47 Å². The highest BCUT2D eigenvalue weighted by Crippen LogP contribution is 2.33. The maximum absolute atomic E-state index is 13.1. The molecule has 2 aromatic carbocycles. The number of pyridine rings is 1. The van der Waals surface area contributed by atoms with Crippen LogP contribution in [0.15, 0.2) is 66.9 Å². The van der Waals surface area contributed by atoms with Crippen LogP contribution in [0, 0.1) is 6.92 Å². The normalized spacial score (nSPS) is 13.0. The van der Waals surface area contributed by atoms with E-state index >= 15 is 0 Å². The number of rotatable bonds is 9. The molecule has 5 heteroatoms. The number of amides is 1. The van der Waals surface area contributed by atoms with Crippen LogP contribution in [0.5, 0.6) is 11.5 Å². The number of aromatic nitrogens is 1. The van der Waals surface area contributed by atoms with Crippen molar-refractivity contribution < 1.29 is 14.3 Å². The molecule has 1 aromatic heterocycles. The molecule has 1 fully saturated rings. The van der Waals surface area contributed by atoms with Gasteiger partial charge in [0, 0.05) is 36.5 Å². The Morgan fingerprint density at radius 3 is 2.55 bits per heavy atom. The number of aryl methyl sites for hydroxylation is 1. The molecular weight excluding hydrogens is 388 g/mol. The highest BCUT2D eigenvalue weighted by molar-refractivity contribution is 5.94. The fourth-order valence-electron chi connectivity index (χ4n) is 3.56. The molecule has 0 unspecified atom stereocenters. The van der Waals surface area contributed by atoms with Crippen LogP contribution in [0.25, 0.3) is 0 Å². The minimum absolute atomic E-state index is 0.0796. The van der Waals surface area contributed by atoms with E-state index < -0.39 is 0 Å². The summed E-state index contributed by atoms with van der Waals surface area (Å²) in [5, 5.41) is 0. The van der Waals surface area contributed by atoms with Gasteiger partial charge in [-0.15, -0.1) is 0 Å². The molecule has 0 radical (unpaired) electrons. The second kappa shape index (κ2) is 9.65. The molecule has 0 N–H and O–H groups in total. The lowest BCUT2D eigenvalue weighted by Gasteiger charge is -2.23. The summed E-state index contributed by atoms with van der Waals surface area (Å²) in [4.78, 5) is 19.5. The average Bonchev–Trinajstić information content (AvgIpc) is 3.64. The van der Waals surface area contributed by atoms with Crippen LogP contribution in [0.3, 0.4) is 0 Å². The lowest BCUT2D eigenvalue weighted by Crippen LogP contribution is -2.32. The van der Waals surface area contributed by atoms with Gasteiger partial charge in [-0.05, 0) is 61.7 Å². The van der Waals surface area contributed by atoms with Gasteiger partial charge in [-0.2, -0.15) is 0 Å². The van der Waals surface area contributed by atoms with Crippen LogP contribution in [-0.4, -0.2) is 35.5 Å². The van der Waals surface area contributed by atoms with Gasteiger partial charge in [0.15, 0.2) is 11.5 Å². The van der Waals surface area contributed by atoms with E-state index in [0.717, 1.165) is 35.2 Å². The third-order valence-electron chi connectivity index (χ3n) is 5.47. The smallest absolute Gasteiger partial charge is 0.254 e. The van der Waals surface area contributed by atoms with Crippen molar-refractivity contribution in [3.05, 3.63) is 89.2 Å². The van der Waals surface area contributed by atoms with Gasteiger partial charge < -0.3 is 14.4 Å². The van der Waals surface area contributed by atoms with Crippen molar-refractivity contribution in [3.63, 3.8) is 0 Å². The first-order valence-electron chi connectivity index (χ1n) is 10.7. The average molecular weight is 417 g/mol. The molecule has 31 heavy (non-hydrogen) atoms. The molecule has 1 aliphatic rings. The molecule has 4 rings (SSSR count). The van der Waals surface area contributed by atoms with Gasteiger partial charge in [0.1, 0.15) is 0 Å². The lowest BCUT2D eigenvalue weighted by atomic mass is 10.1. The summed E-state index contributed by atoms with van der Waals surface area (Å²) in [6, 6.07) is 19.9. The third kappa shape index (κ3) is 5.43. The Morgan fingerprint density at radius 2 is 1.87 bits per heavy atom. The fraction of sp³-hybridized carbons (Fsp3) is 0.308. The topological polar surface area (TPSA) is 51.7 Å². The van der Waals surface area contributed by atoms with E-state index in [2.05, 4.69) is 4.98 Å². The van der Waals surface area contributed by atoms with Gasteiger partial charge in [0.2, 0.25) is 0 Å². The molecule has 1 heterocycles. The van der Waals surface area contributed by atoms with E-state index in [-0.39, 0.29) is 5.91 Å². The number of hydrogen-bond donors (Lipinski definition) is 0. The largest absolute Gasteiger partial charge is 0.493 e. The standard InChI is InChI=1S/C26H28N2O3/c1-19-6-9-21(10-7-19)26(29)28(23-11-12-23)18-20-8-13-24(30-2)25(17-20)31-16-14-22-5-3-4-15-27-22/h3-10,13,15,17,23H,11-12,14,16,18H2,1-2H3. The third-order valence-corrected chi connectivity index (χ3v) is 5.47. The van der Waals surface area contributed by atoms with Crippen molar-refractivity contribution in [3.8, 4) is 11.5 Å². The zero-order valence-corrected chi connectivity index (χ0v) is 18.1. The number of ether oxygens (including phenoxy) is 2. The van der Waals surface area contributed by atoms with E-state index in [9.17, 15) is 4.79 Å². The highest BCUT2D eigenvalue weighted by atomic mass is 16.5. The van der Waals surface area contributed by atoms with Crippen LogP contribution in [0.1, 0.15) is 40.0 Å². The van der Waals surface area contributed by atoms with E-state index in [0.29, 0.717) is 37.1 Å². The summed E-state index contributed by atoms with van der Waals surface area (Å²) in [6.07, 6.45) is 4.62. The SMILES string of the molecule is COc1ccc(CN(C(=O)c2ccc(C)cc2)C2CC2)cc1OCCc1ccccn1. The quantitative estimate of drug-likeness (QED) is 0.502. The lowest BCUT2D eigenvalue weighted by molar-refractivity contribution is 0.0729. The number of methoxy groups -OCH3 is 1. The number of carbonyl (C=O) groups excluding carboxylic acids is 1. The van der Waals surface area contributed by atoms with Crippen LogP contribution in [0.4, 0.5) is 0 Å². The Kier molecular flexibility index (Phi) is 6.51. The number of benzene rings is 2. The second-order valence-electron chi connectivity index (χ2n) is 7.94. The van der Waals surface area contributed by atoms with Crippen molar-refractivity contribution in [1.82, 2.24) is 9.88 Å². The molecule has 1 saturated carbocycles. The van der Waals surface area contributed by atoms with Gasteiger partial charge >= 0.3 is 0 Å². The summed E-state index contributed by atoms with van der Waals surface area (Å²) in [6.45, 7) is 3.09. The predicted molar refractivity (Wildman–Crippen MR) is 121 cm³/mol. The molecule has 1 amide bonds. The molecular formula is C26H28N2O3. The van der Waals surface area contributed by atoms with Crippen molar-refractivity contribution >= 4 is 5.91 Å². The maximum Gasteiger partial charge on any atom is 0.254 e. The Labute approximate surface area is 183 Å². The van der Waals surface area contributed by atoms with Gasteiger partial charge in [0.05, 0.1) is 13.7 Å². The minimum atomic E-state index is 0.0796. The first-order valence-corrected chi connectivity index (χ1v) is 10.7. The van der Waals surface area contributed by atoms with Crippen LogP contribution in [-0.2, 0) is 13.0 Å². The Bertz CT molecular complexity index is 1010. The molecule has 0 aliphatic heterocycles. The zero-order chi connectivity index (χ0) is 21.6. The summed E-state index contributed by atoms with van der Waals surface area (Å²) in [7, 11) is 1.64. The Balaban J connectivity index is 1.46. The van der Waals surface area contributed by atoms with Crippen LogP contribution < -0.4 is 9.47 Å². The number of hydrogen-bond acceptors (Lipinski definition) is 4. The first kappa shape index (κ1) is 20.9. The molecule has 1 aliphatic carbocycles. The van der Waals surface area contributed by atoms with Crippen LogP contribution in [0.2, 0.25) is 0 Å². The first-order chi connectivity index (χ1) is 15.1. The minimum Gasteiger partial charge on any atom is -0.493 e. The second-order valence-corrected chi connectivity index (χ2v) is 7.94. The van der Waals surface area contributed by atoms with Crippen molar-refractivity contribution in [2.75, 3.05) is 13.7 Å². The zero-order valence-electron chi connectivity index (χ0n) is 18.1.